The molecule has 0 aliphatic carbocycles. The van der Waals surface area contributed by atoms with E-state index in [1.807, 2.05) is 34.0 Å². The van der Waals surface area contributed by atoms with Gasteiger partial charge in [-0.05, 0) is 49.7 Å². The van der Waals surface area contributed by atoms with Crippen molar-refractivity contribution in [3.63, 3.8) is 0 Å². The highest BCUT2D eigenvalue weighted by Crippen LogP contribution is 2.43. The predicted octanol–water partition coefficient (Wildman–Crippen LogP) is 7.82. The van der Waals surface area contributed by atoms with Crippen molar-refractivity contribution in [2.45, 2.75) is 31.3 Å². The Labute approximate surface area is 273 Å². The van der Waals surface area contributed by atoms with E-state index in [-0.39, 0.29) is 5.37 Å². The summed E-state index contributed by atoms with van der Waals surface area (Å²) < 4.78 is 1.98. The van der Waals surface area contributed by atoms with Gasteiger partial charge in [0.2, 0.25) is 0 Å². The molecule has 2 heterocycles. The average Bonchev–Trinajstić information content (AvgIpc) is 3.74. The third-order valence-electron chi connectivity index (χ3n) is 8.51. The van der Waals surface area contributed by atoms with Crippen molar-refractivity contribution in [3.05, 3.63) is 162 Å². The lowest BCUT2D eigenvalue weighted by atomic mass is 9.77. The minimum Gasteiger partial charge on any atom is -0.282 e. The van der Waals surface area contributed by atoms with Gasteiger partial charge in [0.15, 0.2) is 11.0 Å². The summed E-state index contributed by atoms with van der Waals surface area (Å²) in [6.45, 7) is 4.98. The third-order valence-corrected chi connectivity index (χ3v) is 9.86. The lowest BCUT2D eigenvalue weighted by Gasteiger charge is -2.36. The number of aromatic nitrogens is 4. The van der Waals surface area contributed by atoms with Crippen LogP contribution in [0.1, 0.15) is 36.1 Å². The van der Waals surface area contributed by atoms with Crippen LogP contribution in [-0.2, 0) is 12.1 Å². The highest BCUT2D eigenvalue weighted by molar-refractivity contribution is 8.14. The van der Waals surface area contributed by atoms with E-state index >= 15 is 0 Å². The first-order valence-electron chi connectivity index (χ1n) is 15.5. The molecule has 1 saturated heterocycles. The Kier molecular flexibility index (Phi) is 8.22. The van der Waals surface area contributed by atoms with Gasteiger partial charge in [0, 0.05) is 5.56 Å². The van der Waals surface area contributed by atoms with Gasteiger partial charge in [0.1, 0.15) is 5.54 Å². The van der Waals surface area contributed by atoms with Gasteiger partial charge < -0.3 is 0 Å². The van der Waals surface area contributed by atoms with Gasteiger partial charge in [0.25, 0.3) is 0 Å². The zero-order valence-corrected chi connectivity index (χ0v) is 26.6. The molecule has 5 aromatic carbocycles. The lowest BCUT2D eigenvalue weighted by molar-refractivity contribution is 0.282. The molecule has 1 fully saturated rings. The van der Waals surface area contributed by atoms with Crippen molar-refractivity contribution in [3.8, 4) is 22.5 Å². The molecule has 0 bridgehead atoms. The topological polar surface area (TPSA) is 82.7 Å². The molecule has 0 saturated carbocycles. The largest absolute Gasteiger partial charge is 0.282 e. The van der Waals surface area contributed by atoms with Crippen LogP contribution in [0.25, 0.3) is 22.5 Å². The number of thioether (sulfide) groups is 1. The molecular weight excluding hydrogens is 587 g/mol. The monoisotopic (exact) mass is 621 g/mol. The molecule has 0 spiro atoms. The molecule has 1 unspecified atom stereocenters. The van der Waals surface area contributed by atoms with Crippen molar-refractivity contribution in [2.75, 3.05) is 0 Å². The fourth-order valence-electron chi connectivity index (χ4n) is 6.21. The molecule has 2 N–H and O–H groups in total. The number of hydrogen-bond donors (Lipinski definition) is 2. The number of benzene rings is 5. The van der Waals surface area contributed by atoms with E-state index in [2.05, 4.69) is 140 Å². The van der Waals surface area contributed by atoms with Crippen LogP contribution in [0.15, 0.2) is 140 Å². The number of nitrogens with zero attached hydrogens (tertiary/aromatic N) is 5. The summed E-state index contributed by atoms with van der Waals surface area (Å²) in [6, 6.07) is 48.3. The zero-order valence-electron chi connectivity index (χ0n) is 25.8. The Morgan fingerprint density at radius 1 is 0.717 bits per heavy atom. The predicted molar refractivity (Wildman–Crippen MR) is 186 cm³/mol. The summed E-state index contributed by atoms with van der Waals surface area (Å²) in [4.78, 5) is 0. The van der Waals surface area contributed by atoms with E-state index in [1.165, 1.54) is 0 Å². The summed E-state index contributed by atoms with van der Waals surface area (Å²) in [5.74, 6) is 1.11. The van der Waals surface area contributed by atoms with Gasteiger partial charge in [-0.15, -0.1) is 5.10 Å². The molecular formula is C38H35N7S. The second-order valence-electron chi connectivity index (χ2n) is 11.8. The molecule has 228 valence electrons. The Morgan fingerprint density at radius 3 is 1.76 bits per heavy atom. The van der Waals surface area contributed by atoms with Crippen LogP contribution in [0.3, 0.4) is 0 Å². The average molecular weight is 622 g/mol. The number of nitrogens with one attached hydrogen (secondary N) is 2. The highest BCUT2D eigenvalue weighted by Gasteiger charge is 2.42. The first kappa shape index (κ1) is 29.6. The molecule has 1 aliphatic heterocycles. The molecule has 1 atom stereocenters. The molecule has 8 heteroatoms. The first-order chi connectivity index (χ1) is 22.6. The quantitative estimate of drug-likeness (QED) is 0.160. The van der Waals surface area contributed by atoms with Gasteiger partial charge in [-0.1, -0.05) is 165 Å². The fourth-order valence-corrected chi connectivity index (χ4v) is 7.15. The standard InChI is InChI=1S/C38H35N7S/c1-27(2)36-41-44(37(39)46-36)26-28-22-24-29(25-23-28)33-20-12-13-21-34(33)35-40-42-43-45(35)38(30-14-6-3-7-15-30,31-16-8-4-9-17-31)32-18-10-5-11-19-32/h3-25,27,36,39,41H,26H2,1-2H3. The smallest absolute Gasteiger partial charge is 0.184 e. The molecule has 1 aromatic heterocycles. The third kappa shape index (κ3) is 5.40. The van der Waals surface area contributed by atoms with Gasteiger partial charge >= 0.3 is 0 Å². The van der Waals surface area contributed by atoms with E-state index in [0.717, 1.165) is 38.9 Å². The maximum Gasteiger partial charge on any atom is 0.184 e. The van der Waals surface area contributed by atoms with Crippen molar-refractivity contribution >= 4 is 16.9 Å². The number of rotatable bonds is 9. The second-order valence-corrected chi connectivity index (χ2v) is 12.9. The summed E-state index contributed by atoms with van der Waals surface area (Å²) in [5, 5.41) is 24.9. The first-order valence-corrected chi connectivity index (χ1v) is 16.4. The minimum absolute atomic E-state index is 0.222. The van der Waals surface area contributed by atoms with Gasteiger partial charge in [-0.25, -0.2) is 10.1 Å². The second kappa shape index (κ2) is 12.7. The van der Waals surface area contributed by atoms with Crippen molar-refractivity contribution in [1.82, 2.24) is 30.6 Å². The van der Waals surface area contributed by atoms with Gasteiger partial charge in [-0.3, -0.25) is 10.4 Å². The fraction of sp³-hybridized carbons (Fsp3) is 0.158. The summed E-state index contributed by atoms with van der Waals surface area (Å²) in [7, 11) is 0. The Hall–Kier alpha value is -5.05. The molecule has 6 aromatic rings. The van der Waals surface area contributed by atoms with Gasteiger partial charge in [-0.2, -0.15) is 0 Å². The van der Waals surface area contributed by atoms with Gasteiger partial charge in [0.05, 0.1) is 11.9 Å². The van der Waals surface area contributed by atoms with Crippen LogP contribution in [0.4, 0.5) is 0 Å². The maximum absolute atomic E-state index is 8.43. The van der Waals surface area contributed by atoms with E-state index < -0.39 is 5.54 Å². The molecule has 0 radical (unpaired) electrons. The number of hydrazine groups is 1. The molecule has 0 amide bonds. The van der Waals surface area contributed by atoms with E-state index in [9.17, 15) is 0 Å². The van der Waals surface area contributed by atoms with E-state index in [1.54, 1.807) is 11.8 Å². The van der Waals surface area contributed by atoms with Crippen LogP contribution in [0, 0.1) is 11.3 Å². The Morgan fingerprint density at radius 2 is 1.24 bits per heavy atom. The van der Waals surface area contributed by atoms with Crippen molar-refractivity contribution < 1.29 is 0 Å². The van der Waals surface area contributed by atoms with Crippen molar-refractivity contribution in [1.29, 1.82) is 5.41 Å². The van der Waals surface area contributed by atoms with Crippen molar-refractivity contribution in [2.24, 2.45) is 5.92 Å². The Balaban J connectivity index is 1.33. The van der Waals surface area contributed by atoms with Crippen LogP contribution in [-0.4, -0.2) is 35.8 Å². The SMILES string of the molecule is CC(C)C1NN(Cc2ccc(-c3ccccc3-c3nnnn3C(c3ccccc3)(c3ccccc3)c3ccccc3)cc2)C(=N)S1. The molecule has 46 heavy (non-hydrogen) atoms. The number of hydrogen-bond acceptors (Lipinski definition) is 6. The summed E-state index contributed by atoms with van der Waals surface area (Å²) in [5.41, 5.74) is 9.98. The highest BCUT2D eigenvalue weighted by atomic mass is 32.2. The molecule has 1 aliphatic rings. The minimum atomic E-state index is -0.835. The Bertz CT molecular complexity index is 1830. The molecule has 7 rings (SSSR count). The summed E-state index contributed by atoms with van der Waals surface area (Å²) >= 11 is 1.58. The van der Waals surface area contributed by atoms with E-state index in [0.29, 0.717) is 23.5 Å². The lowest BCUT2D eigenvalue weighted by Crippen LogP contribution is -2.39. The number of tetrazole rings is 1. The summed E-state index contributed by atoms with van der Waals surface area (Å²) in [6.07, 6.45) is 0. The normalized spacial score (nSPS) is 15.1. The van der Waals surface area contributed by atoms with Crippen LogP contribution in [0.2, 0.25) is 0 Å². The van der Waals surface area contributed by atoms with Crippen LogP contribution < -0.4 is 5.43 Å². The zero-order chi connectivity index (χ0) is 31.5. The number of amidine groups is 1. The molecule has 7 nitrogen and oxygen atoms in total. The van der Waals surface area contributed by atoms with E-state index in [4.69, 9.17) is 15.7 Å². The van der Waals surface area contributed by atoms with Crippen LogP contribution in [0.5, 0.6) is 0 Å². The maximum atomic E-state index is 8.43. The van der Waals surface area contributed by atoms with Crippen LogP contribution >= 0.6 is 11.8 Å².